The van der Waals surface area contributed by atoms with E-state index in [9.17, 15) is 42.3 Å². The van der Waals surface area contributed by atoms with Crippen LogP contribution >= 0.6 is 0 Å². The zero-order valence-corrected chi connectivity index (χ0v) is 44.1. The Hall–Kier alpha value is -6.41. The zero-order valence-electron chi connectivity index (χ0n) is 43.1. The molecule has 0 N–H and O–H groups in total. The first kappa shape index (κ1) is 56.5. The van der Waals surface area contributed by atoms with Gasteiger partial charge in [-0.1, -0.05) is 60.7 Å². The van der Waals surface area contributed by atoms with Crippen molar-refractivity contribution in [2.45, 2.75) is 123 Å². The number of carbonyl (C=O) groups excluding carboxylic acids is 7. The number of ketones is 4. The van der Waals surface area contributed by atoms with Crippen LogP contribution in [0.25, 0.3) is 50.1 Å². The molecule has 2 aliphatic rings. The minimum absolute atomic E-state index is 0. The number of esters is 2. The molecule has 0 aliphatic heterocycles. The predicted octanol–water partition coefficient (Wildman–Crippen LogP) is 9.31. The monoisotopic (exact) mass is 988 g/mol. The van der Waals surface area contributed by atoms with Crippen LogP contribution in [-0.4, -0.2) is 62.5 Å². The number of halogens is 2. The molecule has 0 amide bonds. The van der Waals surface area contributed by atoms with Crippen LogP contribution < -0.4 is 29.6 Å². The fourth-order valence-corrected chi connectivity index (χ4v) is 7.88. The van der Waals surface area contributed by atoms with Crippen molar-refractivity contribution < 1.29 is 82.8 Å². The van der Waals surface area contributed by atoms with Crippen LogP contribution in [0.1, 0.15) is 140 Å². The smallest absolute Gasteiger partial charge is 1.00 e. The largest absolute Gasteiger partial charge is 1.00 e. The molecular formula is C58H59F2N2NaO9. The number of aldehydes is 1. The van der Waals surface area contributed by atoms with E-state index >= 15 is 0 Å². The fraction of sp³-hybridized carbons (Fsp3) is 0.328. The van der Waals surface area contributed by atoms with E-state index in [4.69, 9.17) is 19.4 Å². The van der Waals surface area contributed by atoms with Gasteiger partial charge in [0.2, 0.25) is 0 Å². The summed E-state index contributed by atoms with van der Waals surface area (Å²) in [5, 5.41) is 1.83. The van der Waals surface area contributed by atoms with Crippen molar-refractivity contribution in [1.82, 2.24) is 9.97 Å². The summed E-state index contributed by atoms with van der Waals surface area (Å²) in [4.78, 5) is 90.8. The standard InChI is InChI=1S/C29H28FNO4.C19H14FNO.C10H16O4.Na.H/c1-29(2,3)35-26(34)17-22(33)16-21(32)14-15-24-27(18-10-12-20(30)13-11-18)23-6-4-5-7-25(23)31-28(24)19-8-9-19;20-14-9-7-12(8-10-14)18-15-3-1-2-4-17(15)21-19(13-5-6-13)16(18)11-22;1-7(11)5-8(12)6-9(13)14-10(2,3)4;;/h4-7,10-15,19H,8-9,16-17H2,1-3H3;1-4,7-11,13H,5-6H2;5-6H2,1-4H3;;/q;;;+1;-1/b15-14+;;;;. The molecule has 0 bridgehead atoms. The van der Waals surface area contributed by atoms with Gasteiger partial charge in [-0.15, -0.1) is 0 Å². The van der Waals surface area contributed by atoms with Crippen LogP contribution in [0, 0.1) is 11.6 Å². The minimum Gasteiger partial charge on any atom is -1.00 e. The molecule has 0 unspecified atom stereocenters. The SMILES string of the molecule is CC(=O)CC(=O)CC(=O)OC(C)(C)C.CC(C)(C)OC(=O)CC(=O)CC(=O)/C=C/c1c(C2CC2)nc2ccccc2c1-c1ccc(F)cc1.O=Cc1c(C2CC2)nc2ccccc2c1-c1ccc(F)cc1.[H-].[Na+]. The Kier molecular flexibility index (Phi) is 19.5. The number of allylic oxidation sites excluding steroid dienone is 1. The van der Waals surface area contributed by atoms with E-state index in [-0.39, 0.29) is 67.7 Å². The second kappa shape index (κ2) is 24.8. The Morgan fingerprint density at radius 3 is 1.36 bits per heavy atom. The third-order valence-corrected chi connectivity index (χ3v) is 11.0. The molecule has 2 saturated carbocycles. The number of ether oxygens (including phenoxy) is 2. The number of carbonyl (C=O) groups is 7. The summed E-state index contributed by atoms with van der Waals surface area (Å²) in [5.74, 6) is -2.69. The number of rotatable bonds is 15. The number of nitrogens with zero attached hydrogens (tertiary/aromatic N) is 2. The number of hydrogen-bond donors (Lipinski definition) is 0. The van der Waals surface area contributed by atoms with Crippen LogP contribution in [0.15, 0.2) is 103 Å². The van der Waals surface area contributed by atoms with Gasteiger partial charge in [-0.05, 0) is 134 Å². The van der Waals surface area contributed by atoms with Gasteiger partial charge in [-0.25, -0.2) is 8.78 Å². The molecule has 2 aliphatic carbocycles. The number of aromatic nitrogens is 2. The quantitative estimate of drug-likeness (QED) is 0.0317. The minimum atomic E-state index is -0.694. The van der Waals surface area contributed by atoms with Crippen molar-refractivity contribution in [3.8, 4) is 22.3 Å². The third kappa shape index (κ3) is 16.6. The van der Waals surface area contributed by atoms with Crippen molar-refractivity contribution in [1.29, 1.82) is 0 Å². The van der Waals surface area contributed by atoms with Crippen molar-refractivity contribution in [3.63, 3.8) is 0 Å². The van der Waals surface area contributed by atoms with Gasteiger partial charge in [0, 0.05) is 44.9 Å². The Bertz CT molecular complexity index is 3030. The van der Waals surface area contributed by atoms with E-state index in [1.54, 1.807) is 71.9 Å². The average Bonchev–Trinajstić information content (AvgIpc) is 4.22. The maximum Gasteiger partial charge on any atom is 1.00 e. The molecule has 11 nitrogen and oxygen atoms in total. The molecule has 0 saturated heterocycles. The normalized spacial score (nSPS) is 13.2. The Labute approximate surface area is 442 Å². The number of benzene rings is 4. The number of para-hydroxylation sites is 2. The van der Waals surface area contributed by atoms with E-state index in [1.165, 1.54) is 37.3 Å². The molecule has 2 fully saturated rings. The van der Waals surface area contributed by atoms with Crippen molar-refractivity contribution in [3.05, 3.63) is 137 Å². The number of hydrogen-bond acceptors (Lipinski definition) is 11. The zero-order chi connectivity index (χ0) is 51.6. The van der Waals surface area contributed by atoms with Crippen LogP contribution in [0.4, 0.5) is 8.78 Å². The van der Waals surface area contributed by atoms with Gasteiger partial charge in [-0.2, -0.15) is 0 Å². The summed E-state index contributed by atoms with van der Waals surface area (Å²) in [6, 6.07) is 28.1. The first-order valence-corrected chi connectivity index (χ1v) is 23.6. The molecule has 72 heavy (non-hydrogen) atoms. The molecule has 6 aromatic rings. The van der Waals surface area contributed by atoms with E-state index in [0.29, 0.717) is 17.4 Å². The van der Waals surface area contributed by atoms with E-state index in [2.05, 4.69) is 0 Å². The van der Waals surface area contributed by atoms with Gasteiger partial charge in [0.1, 0.15) is 41.5 Å². The van der Waals surface area contributed by atoms with Gasteiger partial charge in [0.05, 0.1) is 35.3 Å². The maximum absolute atomic E-state index is 13.7. The van der Waals surface area contributed by atoms with E-state index in [1.807, 2.05) is 48.5 Å². The van der Waals surface area contributed by atoms with Crippen LogP contribution in [0.3, 0.4) is 0 Å². The van der Waals surface area contributed by atoms with Gasteiger partial charge >= 0.3 is 41.5 Å². The van der Waals surface area contributed by atoms with Crippen molar-refractivity contribution in [2.24, 2.45) is 0 Å². The summed E-state index contributed by atoms with van der Waals surface area (Å²) in [6.07, 6.45) is 6.80. The molecule has 8 rings (SSSR count). The van der Waals surface area contributed by atoms with Crippen molar-refractivity contribution in [2.75, 3.05) is 0 Å². The van der Waals surface area contributed by atoms with Crippen LogP contribution in [-0.2, 0) is 38.2 Å². The molecule has 370 valence electrons. The maximum atomic E-state index is 13.7. The topological polar surface area (TPSA) is 164 Å². The van der Waals surface area contributed by atoms with Gasteiger partial charge in [0.25, 0.3) is 0 Å². The molecule has 2 heterocycles. The number of fused-ring (bicyclic) bond motifs is 2. The Morgan fingerprint density at radius 1 is 0.583 bits per heavy atom. The second-order valence-electron chi connectivity index (χ2n) is 19.7. The summed E-state index contributed by atoms with van der Waals surface area (Å²) in [6.45, 7) is 11.6. The number of Topliss-reactive ketones (excluding diaryl/α,β-unsaturated/α-hetero) is 3. The molecule has 2 aromatic heterocycles. The molecule has 0 spiro atoms. The molecule has 0 atom stereocenters. The van der Waals surface area contributed by atoms with Gasteiger partial charge in [-0.3, -0.25) is 43.5 Å². The van der Waals surface area contributed by atoms with Crippen molar-refractivity contribution >= 4 is 69.2 Å². The van der Waals surface area contributed by atoms with Crippen LogP contribution in [0.2, 0.25) is 0 Å². The molecule has 4 aromatic carbocycles. The van der Waals surface area contributed by atoms with Crippen LogP contribution in [0.5, 0.6) is 0 Å². The second-order valence-corrected chi connectivity index (χ2v) is 19.7. The molecule has 14 heteroatoms. The summed E-state index contributed by atoms with van der Waals surface area (Å²) >= 11 is 0. The third-order valence-electron chi connectivity index (χ3n) is 11.0. The first-order valence-electron chi connectivity index (χ1n) is 23.6. The average molecular weight is 989 g/mol. The first-order chi connectivity index (χ1) is 33.6. The molecule has 0 radical (unpaired) electrons. The molecular weight excluding hydrogens is 930 g/mol. The summed E-state index contributed by atoms with van der Waals surface area (Å²) < 4.78 is 37.0. The van der Waals surface area contributed by atoms with Gasteiger partial charge < -0.3 is 10.9 Å². The number of pyridine rings is 2. The Balaban J connectivity index is 0.000000260. The van der Waals surface area contributed by atoms with E-state index in [0.717, 1.165) is 93.0 Å². The van der Waals surface area contributed by atoms with E-state index < -0.39 is 46.9 Å². The Morgan fingerprint density at radius 2 is 0.972 bits per heavy atom. The summed E-state index contributed by atoms with van der Waals surface area (Å²) in [5.41, 5.74) is 7.07. The van der Waals surface area contributed by atoms with Gasteiger partial charge in [0.15, 0.2) is 23.6 Å². The summed E-state index contributed by atoms with van der Waals surface area (Å²) in [7, 11) is 0. The fourth-order valence-electron chi connectivity index (χ4n) is 7.88. The predicted molar refractivity (Wildman–Crippen MR) is 270 cm³/mol.